The smallest absolute Gasteiger partial charge is 0.313 e. The molecule has 0 bridgehead atoms. The lowest BCUT2D eigenvalue weighted by Crippen LogP contribution is -2.11. The fourth-order valence-corrected chi connectivity index (χ4v) is 4.17. The molecule has 0 aromatic carbocycles. The van der Waals surface area contributed by atoms with Crippen LogP contribution in [-0.2, 0) is 14.3 Å². The second-order valence-electron chi connectivity index (χ2n) is 11.0. The van der Waals surface area contributed by atoms with Crippen molar-refractivity contribution >= 4 is 11.9 Å². The van der Waals surface area contributed by atoms with Gasteiger partial charge in [-0.1, -0.05) is 151 Å². The van der Waals surface area contributed by atoms with E-state index >= 15 is 0 Å². The molecule has 0 fully saturated rings. The molecule has 0 radical (unpaired) electrons. The summed E-state index contributed by atoms with van der Waals surface area (Å²) in [6, 6.07) is 0. The molecule has 0 spiro atoms. The van der Waals surface area contributed by atoms with Crippen LogP contribution in [0.3, 0.4) is 0 Å². The van der Waals surface area contributed by atoms with Gasteiger partial charge in [0.05, 0.1) is 6.33 Å². The van der Waals surface area contributed by atoms with Crippen molar-refractivity contribution < 1.29 is 14.3 Å². The molecule has 0 saturated heterocycles. The number of allylic oxidation sites excluding steroid dienone is 12. The zero-order chi connectivity index (χ0) is 32.0. The Morgan fingerprint density at radius 1 is 0.545 bits per heavy atom. The van der Waals surface area contributed by atoms with Gasteiger partial charge in [-0.15, -0.1) is 0 Å². The largest absolute Gasteiger partial charge is 0.393 e. The van der Waals surface area contributed by atoms with Gasteiger partial charge >= 0.3 is 11.9 Å². The number of esters is 2. The zero-order valence-corrected chi connectivity index (χ0v) is 28.0. The van der Waals surface area contributed by atoms with Gasteiger partial charge in [0, 0.05) is 25.2 Å². The second-order valence-corrected chi connectivity index (χ2v) is 11.0. The average molecular weight is 607 g/mol. The monoisotopic (exact) mass is 606 g/mol. The van der Waals surface area contributed by atoms with E-state index in [1.165, 1.54) is 51.4 Å². The van der Waals surface area contributed by atoms with E-state index < -0.39 is 0 Å². The summed E-state index contributed by atoms with van der Waals surface area (Å²) in [7, 11) is 0. The van der Waals surface area contributed by atoms with Crippen molar-refractivity contribution in [3.8, 4) is 0 Å². The minimum atomic E-state index is -0.365. The van der Waals surface area contributed by atoms with Crippen LogP contribution in [-0.4, -0.2) is 21.9 Å². The summed E-state index contributed by atoms with van der Waals surface area (Å²) in [4.78, 5) is 30.2. The van der Waals surface area contributed by atoms with Gasteiger partial charge in [-0.05, 0) is 51.4 Å². The van der Waals surface area contributed by atoms with Gasteiger partial charge in [-0.3, -0.25) is 9.59 Å². The molecule has 0 amide bonds. The normalized spacial score (nSPS) is 12.0. The Bertz CT molecular complexity index is 844. The first-order valence-corrected chi connectivity index (χ1v) is 17.3. The highest BCUT2D eigenvalue weighted by Crippen LogP contribution is 2.11. The number of nitrogens with zero attached hydrogens (tertiary/aromatic N) is 1. The third-order valence-corrected chi connectivity index (χ3v) is 6.80. The van der Waals surface area contributed by atoms with Crippen molar-refractivity contribution in [3.05, 3.63) is 91.6 Å². The molecule has 44 heavy (non-hydrogen) atoms. The van der Waals surface area contributed by atoms with Crippen LogP contribution < -0.4 is 0 Å². The maximum absolute atomic E-state index is 11.9. The molecule has 0 unspecified atom stereocenters. The summed E-state index contributed by atoms with van der Waals surface area (Å²) < 4.78 is 4.97. The Morgan fingerprint density at radius 3 is 1.27 bits per heavy atom. The van der Waals surface area contributed by atoms with Crippen LogP contribution in [0.2, 0.25) is 0 Å². The van der Waals surface area contributed by atoms with E-state index in [-0.39, 0.29) is 11.9 Å². The predicted octanol–water partition coefficient (Wildman–Crippen LogP) is 11.6. The molecule has 0 aliphatic rings. The van der Waals surface area contributed by atoms with E-state index in [1.54, 1.807) is 18.7 Å². The van der Waals surface area contributed by atoms with Crippen molar-refractivity contribution in [1.29, 1.82) is 0 Å². The topological polar surface area (TPSA) is 72.1 Å². The summed E-state index contributed by atoms with van der Waals surface area (Å²) in [6.07, 6.45) is 51.5. The molecule has 0 atom stereocenters. The highest BCUT2D eigenvalue weighted by Gasteiger charge is 2.09. The molecular formula is C39H62N2O3. The van der Waals surface area contributed by atoms with Gasteiger partial charge in [-0.25, -0.2) is 4.98 Å². The van der Waals surface area contributed by atoms with E-state index in [9.17, 15) is 9.59 Å². The standard InChI is InChI=1S/C36H58O3.C3H4N2/c1-3-5-7-9-11-13-15-17-19-21-23-25-27-29-31-33-35(37)39-36(38)34-32-30-28-26-24-22-20-18-16-14-12-10-8-6-4-2;1-2-5-3-4-1/h9-20H,3-8,21-34H2,1-2H3;1-3H,(H,4,5). The summed E-state index contributed by atoms with van der Waals surface area (Å²) in [5, 5.41) is 0. The molecule has 1 rings (SSSR count). The summed E-state index contributed by atoms with van der Waals surface area (Å²) in [5.74, 6) is -0.730. The molecule has 1 N–H and O–H groups in total. The summed E-state index contributed by atoms with van der Waals surface area (Å²) in [5.41, 5.74) is 0. The highest BCUT2D eigenvalue weighted by molar-refractivity contribution is 5.85. The van der Waals surface area contributed by atoms with Gasteiger partial charge < -0.3 is 9.72 Å². The van der Waals surface area contributed by atoms with Gasteiger partial charge in [-0.2, -0.15) is 0 Å². The Morgan fingerprint density at radius 2 is 0.932 bits per heavy atom. The number of aromatic nitrogens is 2. The predicted molar refractivity (Wildman–Crippen MR) is 188 cm³/mol. The lowest BCUT2D eigenvalue weighted by Gasteiger charge is -2.04. The van der Waals surface area contributed by atoms with Crippen molar-refractivity contribution in [3.63, 3.8) is 0 Å². The van der Waals surface area contributed by atoms with Gasteiger partial charge in [0.1, 0.15) is 0 Å². The number of rotatable bonds is 26. The van der Waals surface area contributed by atoms with Gasteiger partial charge in [0.25, 0.3) is 0 Å². The van der Waals surface area contributed by atoms with E-state index in [0.717, 1.165) is 64.2 Å². The minimum absolute atomic E-state index is 0.347. The number of carbonyl (C=O) groups is 2. The van der Waals surface area contributed by atoms with Crippen molar-refractivity contribution in [2.75, 3.05) is 0 Å². The van der Waals surface area contributed by atoms with Gasteiger partial charge in [0.2, 0.25) is 0 Å². The number of ether oxygens (including phenoxy) is 1. The van der Waals surface area contributed by atoms with E-state index in [2.05, 4.69) is 96.7 Å². The first kappa shape index (κ1) is 40.8. The maximum Gasteiger partial charge on any atom is 0.313 e. The summed E-state index contributed by atoms with van der Waals surface area (Å²) in [6.45, 7) is 4.42. The van der Waals surface area contributed by atoms with Gasteiger partial charge in [0.15, 0.2) is 0 Å². The highest BCUT2D eigenvalue weighted by atomic mass is 16.6. The number of hydrogen-bond donors (Lipinski definition) is 1. The number of nitrogens with one attached hydrogen (secondary N) is 1. The lowest BCUT2D eigenvalue weighted by atomic mass is 10.1. The number of aromatic amines is 1. The van der Waals surface area contributed by atoms with Crippen molar-refractivity contribution in [2.24, 2.45) is 0 Å². The number of hydrogen-bond acceptors (Lipinski definition) is 4. The van der Waals surface area contributed by atoms with Crippen LogP contribution in [0.25, 0.3) is 0 Å². The molecule has 0 aliphatic carbocycles. The molecule has 5 nitrogen and oxygen atoms in total. The lowest BCUT2D eigenvalue weighted by molar-refractivity contribution is -0.159. The number of H-pyrrole nitrogens is 1. The van der Waals surface area contributed by atoms with Crippen LogP contribution in [0, 0.1) is 0 Å². The Kier molecular flexibility index (Phi) is 33.4. The Hall–Kier alpha value is -3.21. The zero-order valence-electron chi connectivity index (χ0n) is 28.0. The van der Waals surface area contributed by atoms with E-state index in [0.29, 0.717) is 12.8 Å². The Balaban J connectivity index is 0.00000332. The first-order valence-electron chi connectivity index (χ1n) is 17.3. The minimum Gasteiger partial charge on any atom is -0.393 e. The fraction of sp³-hybridized carbons (Fsp3) is 0.564. The summed E-state index contributed by atoms with van der Waals surface area (Å²) >= 11 is 0. The average Bonchev–Trinajstić information content (AvgIpc) is 3.62. The molecule has 1 aromatic heterocycles. The maximum atomic E-state index is 11.9. The number of imidazole rings is 1. The van der Waals surface area contributed by atoms with Crippen molar-refractivity contribution in [2.45, 2.75) is 142 Å². The van der Waals surface area contributed by atoms with E-state index in [4.69, 9.17) is 4.74 Å². The second kappa shape index (κ2) is 36.0. The molecule has 1 aromatic rings. The SMILES string of the molecule is CCCCC=CC=CC=CCCCCCCCC(=O)OC(=O)CCCCCCCC=CC=CC=CCCCC.c1c[nH]cn1. The third kappa shape index (κ3) is 35.0. The number of carbonyl (C=O) groups excluding carboxylic acids is 2. The van der Waals surface area contributed by atoms with Crippen LogP contribution in [0.4, 0.5) is 0 Å². The first-order chi connectivity index (χ1) is 21.7. The molecule has 246 valence electrons. The van der Waals surface area contributed by atoms with Crippen LogP contribution in [0.5, 0.6) is 0 Å². The van der Waals surface area contributed by atoms with Crippen LogP contribution in [0.1, 0.15) is 142 Å². The molecule has 0 aliphatic heterocycles. The van der Waals surface area contributed by atoms with Crippen LogP contribution in [0.15, 0.2) is 91.6 Å². The Labute approximate surface area is 269 Å². The quantitative estimate of drug-likeness (QED) is 0.0493. The molecular weight excluding hydrogens is 544 g/mol. The van der Waals surface area contributed by atoms with Crippen molar-refractivity contribution in [1.82, 2.24) is 9.97 Å². The molecule has 5 heteroatoms. The third-order valence-electron chi connectivity index (χ3n) is 6.80. The molecule has 0 saturated carbocycles. The number of unbranched alkanes of at least 4 members (excludes halogenated alkanes) is 14. The van der Waals surface area contributed by atoms with E-state index in [1.807, 2.05) is 0 Å². The fourth-order valence-electron chi connectivity index (χ4n) is 4.17. The molecule has 1 heterocycles. The van der Waals surface area contributed by atoms with Crippen LogP contribution >= 0.6 is 0 Å².